The Labute approximate surface area is 110 Å². The third-order valence-corrected chi connectivity index (χ3v) is 2.61. The van der Waals surface area contributed by atoms with E-state index in [1.54, 1.807) is 24.1 Å². The second kappa shape index (κ2) is 6.84. The number of benzene rings is 1. The summed E-state index contributed by atoms with van der Waals surface area (Å²) in [5.74, 6) is -0.952. The van der Waals surface area contributed by atoms with Gasteiger partial charge in [-0.2, -0.15) is 5.26 Å². The van der Waals surface area contributed by atoms with Crippen molar-refractivity contribution in [3.8, 4) is 6.07 Å². The Hall–Kier alpha value is -1.77. The summed E-state index contributed by atoms with van der Waals surface area (Å²) in [7, 11) is 1.54. The summed E-state index contributed by atoms with van der Waals surface area (Å²) in [6.45, 7) is 0.632. The molecule has 0 heterocycles. The summed E-state index contributed by atoms with van der Waals surface area (Å²) in [5.41, 5.74) is 1.01. The van der Waals surface area contributed by atoms with Crippen LogP contribution in [0.1, 0.15) is 5.56 Å². The van der Waals surface area contributed by atoms with E-state index in [1.807, 2.05) is 6.07 Å². The van der Waals surface area contributed by atoms with Gasteiger partial charge in [0.15, 0.2) is 0 Å². The van der Waals surface area contributed by atoms with Crippen molar-refractivity contribution in [1.82, 2.24) is 0 Å². The van der Waals surface area contributed by atoms with Crippen LogP contribution >= 0.6 is 11.6 Å². The molecule has 1 rings (SSSR count). The van der Waals surface area contributed by atoms with Gasteiger partial charge in [0.25, 0.3) is 0 Å². The van der Waals surface area contributed by atoms with Gasteiger partial charge in [-0.05, 0) is 18.2 Å². The summed E-state index contributed by atoms with van der Waals surface area (Å²) >= 11 is 6.04. The predicted molar refractivity (Wildman–Crippen MR) is 67.9 cm³/mol. The SMILES string of the molecule is COCCN(CC(=O)O)c1ccc(C#N)cc1Cl. The van der Waals surface area contributed by atoms with E-state index in [0.717, 1.165) is 0 Å². The van der Waals surface area contributed by atoms with Crippen molar-refractivity contribution >= 4 is 23.3 Å². The Bertz CT molecular complexity index is 471. The second-order valence-electron chi connectivity index (χ2n) is 3.59. The number of ether oxygens (including phenoxy) is 1. The zero-order valence-electron chi connectivity index (χ0n) is 9.89. The maximum absolute atomic E-state index is 10.8. The Morgan fingerprint density at radius 3 is 2.83 bits per heavy atom. The number of carboxylic acid groups (broad SMARTS) is 1. The number of anilines is 1. The fourth-order valence-electron chi connectivity index (χ4n) is 1.48. The lowest BCUT2D eigenvalue weighted by Gasteiger charge is -2.23. The molecule has 0 aliphatic carbocycles. The topological polar surface area (TPSA) is 73.6 Å². The van der Waals surface area contributed by atoms with Crippen molar-refractivity contribution in [2.75, 3.05) is 31.7 Å². The molecule has 1 N–H and O–H groups in total. The zero-order chi connectivity index (χ0) is 13.5. The van der Waals surface area contributed by atoms with Gasteiger partial charge in [-0.3, -0.25) is 4.79 Å². The fourth-order valence-corrected chi connectivity index (χ4v) is 1.78. The third kappa shape index (κ3) is 3.91. The molecule has 0 saturated carbocycles. The van der Waals surface area contributed by atoms with Gasteiger partial charge in [0.2, 0.25) is 0 Å². The zero-order valence-corrected chi connectivity index (χ0v) is 10.6. The average Bonchev–Trinajstić information content (AvgIpc) is 2.34. The number of carbonyl (C=O) groups is 1. The van der Waals surface area contributed by atoms with E-state index in [2.05, 4.69) is 0 Å². The number of halogens is 1. The maximum Gasteiger partial charge on any atom is 0.323 e. The number of aliphatic carboxylic acids is 1. The Kier molecular flexibility index (Phi) is 5.43. The number of hydrogen-bond acceptors (Lipinski definition) is 4. The van der Waals surface area contributed by atoms with Crippen LogP contribution in [-0.4, -0.2) is 37.9 Å². The third-order valence-electron chi connectivity index (χ3n) is 2.31. The highest BCUT2D eigenvalue weighted by atomic mass is 35.5. The van der Waals surface area contributed by atoms with E-state index in [1.165, 1.54) is 6.07 Å². The number of nitriles is 1. The molecule has 0 aliphatic rings. The highest BCUT2D eigenvalue weighted by Gasteiger charge is 2.14. The van der Waals surface area contributed by atoms with E-state index >= 15 is 0 Å². The van der Waals surface area contributed by atoms with Crippen molar-refractivity contribution in [1.29, 1.82) is 5.26 Å². The average molecular weight is 269 g/mol. The lowest BCUT2D eigenvalue weighted by atomic mass is 10.2. The molecule has 0 aromatic heterocycles. The molecule has 0 saturated heterocycles. The molecule has 0 amide bonds. The minimum Gasteiger partial charge on any atom is -0.480 e. The van der Waals surface area contributed by atoms with Gasteiger partial charge in [0, 0.05) is 13.7 Å². The van der Waals surface area contributed by atoms with Crippen molar-refractivity contribution in [2.24, 2.45) is 0 Å². The maximum atomic E-state index is 10.8. The molecule has 0 atom stereocenters. The standard InChI is InChI=1S/C12H13ClN2O3/c1-18-5-4-15(8-12(16)17)11-3-2-9(7-14)6-10(11)13/h2-3,6H,4-5,8H2,1H3,(H,16,17). The number of rotatable bonds is 6. The van der Waals surface area contributed by atoms with Gasteiger partial charge < -0.3 is 14.7 Å². The van der Waals surface area contributed by atoms with Crippen molar-refractivity contribution in [3.63, 3.8) is 0 Å². The molecule has 0 unspecified atom stereocenters. The summed E-state index contributed by atoms with van der Waals surface area (Å²) in [6, 6.07) is 6.72. The Morgan fingerprint density at radius 1 is 1.61 bits per heavy atom. The molecule has 0 fully saturated rings. The van der Waals surface area contributed by atoms with Crippen LogP contribution < -0.4 is 4.90 Å². The molecular weight excluding hydrogens is 256 g/mol. The predicted octanol–water partition coefficient (Wildman–Crippen LogP) is 1.75. The molecule has 6 heteroatoms. The number of methoxy groups -OCH3 is 1. The monoisotopic (exact) mass is 268 g/mol. The summed E-state index contributed by atoms with van der Waals surface area (Å²) in [5, 5.41) is 18.0. The van der Waals surface area contributed by atoms with Crippen LogP contribution in [0.5, 0.6) is 0 Å². The fraction of sp³-hybridized carbons (Fsp3) is 0.333. The quantitative estimate of drug-likeness (QED) is 0.851. The van der Waals surface area contributed by atoms with E-state index < -0.39 is 5.97 Å². The first-order valence-corrected chi connectivity index (χ1v) is 5.61. The Morgan fingerprint density at radius 2 is 2.33 bits per heavy atom. The summed E-state index contributed by atoms with van der Waals surface area (Å²) < 4.78 is 4.93. The van der Waals surface area contributed by atoms with Gasteiger partial charge in [-0.1, -0.05) is 11.6 Å². The molecule has 0 bridgehead atoms. The minimum atomic E-state index is -0.952. The van der Waals surface area contributed by atoms with Crippen LogP contribution in [0, 0.1) is 11.3 Å². The van der Waals surface area contributed by atoms with Crippen LogP contribution in [-0.2, 0) is 9.53 Å². The molecule has 96 valence electrons. The smallest absolute Gasteiger partial charge is 0.323 e. The lowest BCUT2D eigenvalue weighted by Crippen LogP contribution is -2.32. The van der Waals surface area contributed by atoms with E-state index in [9.17, 15) is 4.79 Å². The first-order chi connectivity index (χ1) is 8.58. The van der Waals surface area contributed by atoms with Crippen LogP contribution in [0.3, 0.4) is 0 Å². The number of hydrogen-bond donors (Lipinski definition) is 1. The van der Waals surface area contributed by atoms with Gasteiger partial charge in [-0.15, -0.1) is 0 Å². The van der Waals surface area contributed by atoms with Gasteiger partial charge in [0.1, 0.15) is 6.54 Å². The molecule has 0 radical (unpaired) electrons. The highest BCUT2D eigenvalue weighted by Crippen LogP contribution is 2.26. The van der Waals surface area contributed by atoms with Crippen LogP contribution in [0.25, 0.3) is 0 Å². The molecule has 1 aromatic rings. The van der Waals surface area contributed by atoms with Crippen molar-refractivity contribution in [3.05, 3.63) is 28.8 Å². The summed E-state index contributed by atoms with van der Waals surface area (Å²) in [6.07, 6.45) is 0. The van der Waals surface area contributed by atoms with E-state index in [4.69, 9.17) is 26.7 Å². The first-order valence-electron chi connectivity index (χ1n) is 5.23. The number of carboxylic acids is 1. The minimum absolute atomic E-state index is 0.172. The van der Waals surface area contributed by atoms with Gasteiger partial charge in [0.05, 0.1) is 28.9 Å². The molecule has 18 heavy (non-hydrogen) atoms. The van der Waals surface area contributed by atoms with Crippen molar-refractivity contribution < 1.29 is 14.6 Å². The van der Waals surface area contributed by atoms with Crippen molar-refractivity contribution in [2.45, 2.75) is 0 Å². The molecular formula is C12H13ClN2O3. The van der Waals surface area contributed by atoms with E-state index in [-0.39, 0.29) is 6.54 Å². The molecule has 1 aromatic carbocycles. The normalized spacial score (nSPS) is 9.83. The first kappa shape index (κ1) is 14.3. The van der Waals surface area contributed by atoms with Crippen LogP contribution in [0.15, 0.2) is 18.2 Å². The molecule has 0 spiro atoms. The van der Waals surface area contributed by atoms with Crippen LogP contribution in [0.2, 0.25) is 5.02 Å². The highest BCUT2D eigenvalue weighted by molar-refractivity contribution is 6.33. The Balaban J connectivity index is 2.97. The summed E-state index contributed by atoms with van der Waals surface area (Å²) in [4.78, 5) is 12.4. The largest absolute Gasteiger partial charge is 0.480 e. The molecule has 0 aliphatic heterocycles. The second-order valence-corrected chi connectivity index (χ2v) is 3.99. The van der Waals surface area contributed by atoms with Crippen LogP contribution in [0.4, 0.5) is 5.69 Å². The lowest BCUT2D eigenvalue weighted by molar-refractivity contribution is -0.135. The van der Waals surface area contributed by atoms with Gasteiger partial charge >= 0.3 is 5.97 Å². The number of nitrogens with zero attached hydrogens (tertiary/aromatic N) is 2. The molecule has 5 nitrogen and oxygen atoms in total. The van der Waals surface area contributed by atoms with Gasteiger partial charge in [-0.25, -0.2) is 0 Å². The van der Waals surface area contributed by atoms with E-state index in [0.29, 0.717) is 29.4 Å².